The van der Waals surface area contributed by atoms with E-state index in [1.807, 2.05) is 0 Å². The maximum atomic E-state index is 10.7. The van der Waals surface area contributed by atoms with Crippen LogP contribution in [0.25, 0.3) is 0 Å². The third-order valence-electron chi connectivity index (χ3n) is 1.64. The highest BCUT2D eigenvalue weighted by molar-refractivity contribution is 6.34. The second-order valence-electron chi connectivity index (χ2n) is 2.49. The van der Waals surface area contributed by atoms with Crippen LogP contribution in [0, 0.1) is 21.4 Å². The molecule has 0 amide bonds. The van der Waals surface area contributed by atoms with Gasteiger partial charge in [0.15, 0.2) is 5.56 Å². The van der Waals surface area contributed by atoms with Crippen LogP contribution >= 0.6 is 11.6 Å². The molecule has 0 aromatic heterocycles. The summed E-state index contributed by atoms with van der Waals surface area (Å²) in [6.07, 6.45) is 0. The molecule has 0 fully saturated rings. The van der Waals surface area contributed by atoms with E-state index in [2.05, 4.69) is 0 Å². The number of rotatable bonds is 2. The van der Waals surface area contributed by atoms with E-state index in [0.717, 1.165) is 12.1 Å². The SMILES string of the molecule is N#Cc1ccc(Cl)c(C(=O)O)c1[N+](=O)[O-]. The van der Waals surface area contributed by atoms with E-state index in [9.17, 15) is 14.9 Å². The molecule has 0 atom stereocenters. The van der Waals surface area contributed by atoms with Crippen LogP contribution in [0.5, 0.6) is 0 Å². The summed E-state index contributed by atoms with van der Waals surface area (Å²) in [4.78, 5) is 20.4. The van der Waals surface area contributed by atoms with E-state index in [-0.39, 0.29) is 10.6 Å². The predicted octanol–water partition coefficient (Wildman–Crippen LogP) is 1.82. The molecule has 0 saturated carbocycles. The lowest BCUT2D eigenvalue weighted by Gasteiger charge is -2.01. The second kappa shape index (κ2) is 3.94. The zero-order valence-electron chi connectivity index (χ0n) is 7.10. The highest BCUT2D eigenvalue weighted by Gasteiger charge is 2.27. The molecule has 1 aromatic rings. The Morgan fingerprint density at radius 3 is 2.60 bits per heavy atom. The molecule has 0 spiro atoms. The summed E-state index contributed by atoms with van der Waals surface area (Å²) in [6, 6.07) is 3.78. The Morgan fingerprint density at radius 1 is 1.60 bits per heavy atom. The molecule has 76 valence electrons. The van der Waals surface area contributed by atoms with Gasteiger partial charge in [0.05, 0.1) is 9.95 Å². The van der Waals surface area contributed by atoms with E-state index in [4.69, 9.17) is 22.0 Å². The summed E-state index contributed by atoms with van der Waals surface area (Å²) in [5.74, 6) is -1.54. The average molecular weight is 227 g/mol. The third kappa shape index (κ3) is 1.87. The maximum Gasteiger partial charge on any atom is 0.344 e. The van der Waals surface area contributed by atoms with Crippen LogP contribution in [-0.2, 0) is 0 Å². The number of carbonyl (C=O) groups is 1. The first kappa shape index (κ1) is 10.9. The number of carboxylic acid groups (broad SMARTS) is 1. The Hall–Kier alpha value is -2.13. The molecule has 0 unspecified atom stereocenters. The van der Waals surface area contributed by atoms with Gasteiger partial charge in [0, 0.05) is 0 Å². The first-order chi connectivity index (χ1) is 6.99. The Labute approximate surface area is 88.5 Å². The molecular formula is C8H3ClN2O4. The van der Waals surface area contributed by atoms with E-state index in [0.29, 0.717) is 0 Å². The number of nitrogens with zero attached hydrogens (tertiary/aromatic N) is 2. The van der Waals surface area contributed by atoms with Crippen molar-refractivity contribution in [2.75, 3.05) is 0 Å². The first-order valence-corrected chi connectivity index (χ1v) is 3.97. The first-order valence-electron chi connectivity index (χ1n) is 3.59. The Morgan fingerprint density at radius 2 is 2.20 bits per heavy atom. The molecule has 7 heteroatoms. The van der Waals surface area contributed by atoms with Crippen LogP contribution in [-0.4, -0.2) is 16.0 Å². The molecule has 1 N–H and O–H groups in total. The molecule has 1 rings (SSSR count). The number of halogens is 1. The summed E-state index contributed by atoms with van der Waals surface area (Å²) in [7, 11) is 0. The van der Waals surface area contributed by atoms with Crippen LogP contribution in [0.2, 0.25) is 5.02 Å². The van der Waals surface area contributed by atoms with Crippen LogP contribution in [0.1, 0.15) is 15.9 Å². The number of nitriles is 1. The number of aromatic carboxylic acids is 1. The van der Waals surface area contributed by atoms with Crippen molar-refractivity contribution in [3.8, 4) is 6.07 Å². The van der Waals surface area contributed by atoms with Crippen LogP contribution < -0.4 is 0 Å². The van der Waals surface area contributed by atoms with Crippen LogP contribution in [0.15, 0.2) is 12.1 Å². The molecule has 0 heterocycles. The van der Waals surface area contributed by atoms with Crippen molar-refractivity contribution >= 4 is 23.3 Å². The highest BCUT2D eigenvalue weighted by Crippen LogP contribution is 2.29. The monoisotopic (exact) mass is 226 g/mol. The van der Waals surface area contributed by atoms with Crippen molar-refractivity contribution in [3.63, 3.8) is 0 Å². The van der Waals surface area contributed by atoms with Gasteiger partial charge in [-0.15, -0.1) is 0 Å². The molecule has 0 bridgehead atoms. The van der Waals surface area contributed by atoms with Crippen molar-refractivity contribution in [2.24, 2.45) is 0 Å². The fraction of sp³-hybridized carbons (Fsp3) is 0. The third-order valence-corrected chi connectivity index (χ3v) is 1.96. The predicted molar refractivity (Wildman–Crippen MR) is 49.8 cm³/mol. The highest BCUT2D eigenvalue weighted by atomic mass is 35.5. The summed E-state index contributed by atoms with van der Waals surface area (Å²) >= 11 is 5.50. The fourth-order valence-corrected chi connectivity index (χ4v) is 1.28. The summed E-state index contributed by atoms with van der Waals surface area (Å²) in [6.45, 7) is 0. The number of nitro groups is 1. The quantitative estimate of drug-likeness (QED) is 0.612. The van der Waals surface area contributed by atoms with E-state index < -0.39 is 22.1 Å². The minimum atomic E-state index is -1.54. The molecule has 15 heavy (non-hydrogen) atoms. The topological polar surface area (TPSA) is 104 Å². The van der Waals surface area contributed by atoms with E-state index >= 15 is 0 Å². The largest absolute Gasteiger partial charge is 0.477 e. The Kier molecular flexibility index (Phi) is 2.87. The number of nitro benzene ring substituents is 1. The number of benzene rings is 1. The van der Waals surface area contributed by atoms with Crippen molar-refractivity contribution in [2.45, 2.75) is 0 Å². The van der Waals surface area contributed by atoms with Gasteiger partial charge in [-0.05, 0) is 12.1 Å². The van der Waals surface area contributed by atoms with E-state index in [1.54, 1.807) is 0 Å². The van der Waals surface area contributed by atoms with Gasteiger partial charge in [-0.3, -0.25) is 10.1 Å². The molecule has 0 radical (unpaired) electrons. The number of carboxylic acids is 1. The number of hydrogen-bond acceptors (Lipinski definition) is 4. The van der Waals surface area contributed by atoms with Crippen molar-refractivity contribution in [1.82, 2.24) is 0 Å². The van der Waals surface area contributed by atoms with Crippen molar-refractivity contribution < 1.29 is 14.8 Å². The molecular weight excluding hydrogens is 224 g/mol. The zero-order chi connectivity index (χ0) is 11.6. The Bertz CT molecular complexity index is 492. The maximum absolute atomic E-state index is 10.7. The lowest BCUT2D eigenvalue weighted by Crippen LogP contribution is -2.05. The standard InChI is InChI=1S/C8H3ClN2O4/c9-5-2-1-4(3-10)7(11(14)15)6(5)8(12)13/h1-2H,(H,12,13). The van der Waals surface area contributed by atoms with Gasteiger partial charge in [-0.25, -0.2) is 4.79 Å². The van der Waals surface area contributed by atoms with E-state index in [1.165, 1.54) is 6.07 Å². The summed E-state index contributed by atoms with van der Waals surface area (Å²) in [5, 5.41) is 27.6. The zero-order valence-corrected chi connectivity index (χ0v) is 7.85. The van der Waals surface area contributed by atoms with Gasteiger partial charge in [0.25, 0.3) is 0 Å². The van der Waals surface area contributed by atoms with Crippen molar-refractivity contribution in [1.29, 1.82) is 5.26 Å². The van der Waals surface area contributed by atoms with Crippen molar-refractivity contribution in [3.05, 3.63) is 38.4 Å². The van der Waals surface area contributed by atoms with Gasteiger partial charge in [-0.2, -0.15) is 5.26 Å². The van der Waals surface area contributed by atoms with Gasteiger partial charge in [-0.1, -0.05) is 11.6 Å². The molecule has 6 nitrogen and oxygen atoms in total. The normalized spacial score (nSPS) is 9.33. The molecule has 0 aliphatic carbocycles. The summed E-state index contributed by atoms with van der Waals surface area (Å²) < 4.78 is 0. The van der Waals surface area contributed by atoms with Gasteiger partial charge >= 0.3 is 11.7 Å². The summed E-state index contributed by atoms with van der Waals surface area (Å²) in [5.41, 5.74) is -1.78. The lowest BCUT2D eigenvalue weighted by molar-refractivity contribution is -0.385. The molecule has 0 aliphatic rings. The Balaban J connectivity index is 3.68. The average Bonchev–Trinajstić information content (AvgIpc) is 2.16. The fourth-order valence-electron chi connectivity index (χ4n) is 1.05. The van der Waals surface area contributed by atoms with Crippen LogP contribution in [0.4, 0.5) is 5.69 Å². The lowest BCUT2D eigenvalue weighted by atomic mass is 10.1. The molecule has 0 aliphatic heterocycles. The van der Waals surface area contributed by atoms with Gasteiger partial charge < -0.3 is 5.11 Å². The van der Waals surface area contributed by atoms with Gasteiger partial charge in [0.2, 0.25) is 0 Å². The molecule has 1 aromatic carbocycles. The number of hydrogen-bond donors (Lipinski definition) is 1. The molecule has 0 saturated heterocycles. The minimum Gasteiger partial charge on any atom is -0.477 e. The smallest absolute Gasteiger partial charge is 0.344 e. The van der Waals surface area contributed by atoms with Crippen LogP contribution in [0.3, 0.4) is 0 Å². The minimum absolute atomic E-state index is 0.270. The van der Waals surface area contributed by atoms with Gasteiger partial charge in [0.1, 0.15) is 11.6 Å². The second-order valence-corrected chi connectivity index (χ2v) is 2.90.